The molecule has 1 fully saturated rings. The summed E-state index contributed by atoms with van der Waals surface area (Å²) in [6.07, 6.45) is 12.5. The van der Waals surface area contributed by atoms with E-state index in [4.69, 9.17) is 0 Å². The fourth-order valence-corrected chi connectivity index (χ4v) is 2.55. The van der Waals surface area contributed by atoms with E-state index in [9.17, 15) is 0 Å². The zero-order valence-electron chi connectivity index (χ0n) is 7.23. The second-order valence-corrected chi connectivity index (χ2v) is 4.13. The van der Waals surface area contributed by atoms with E-state index in [0.29, 0.717) is 5.41 Å². The molecule has 62 valence electrons. The monoisotopic (exact) mass is 152 g/mol. The van der Waals surface area contributed by atoms with E-state index < -0.39 is 0 Å². The summed E-state index contributed by atoms with van der Waals surface area (Å²) in [6.45, 7) is 1.21. The zero-order chi connectivity index (χ0) is 7.57. The molecule has 1 heteroatoms. The predicted molar refractivity (Wildman–Crippen MR) is 46.6 cm³/mol. The first-order valence-electron chi connectivity index (χ1n) is 4.99. The van der Waals surface area contributed by atoms with Gasteiger partial charge in [-0.15, -0.1) is 0 Å². The highest BCUT2D eigenvalue weighted by Crippen LogP contribution is 2.38. The molecule has 1 spiro atoms. The molecule has 1 saturated carbocycles. The Kier molecular flexibility index (Phi) is 1.97. The van der Waals surface area contributed by atoms with Gasteiger partial charge in [0, 0.05) is 11.8 Å². The molecule has 0 aromatic rings. The van der Waals surface area contributed by atoms with Crippen LogP contribution >= 0.6 is 0 Å². The third-order valence-corrected chi connectivity index (χ3v) is 3.25. The molecule has 0 atom stereocenters. The lowest BCUT2D eigenvalue weighted by atomic mass is 9.71. The third kappa shape index (κ3) is 1.47. The van der Waals surface area contributed by atoms with E-state index in [0.717, 1.165) is 0 Å². The van der Waals surface area contributed by atoms with Crippen LogP contribution in [0.3, 0.4) is 0 Å². The fourth-order valence-electron chi connectivity index (χ4n) is 2.55. The first-order valence-corrected chi connectivity index (χ1v) is 4.99. The molecule has 1 nitrogen and oxygen atoms in total. The Morgan fingerprint density at radius 1 is 0.909 bits per heavy atom. The van der Waals surface area contributed by atoms with E-state index >= 15 is 0 Å². The van der Waals surface area contributed by atoms with Gasteiger partial charge in [0.1, 0.15) is 12.8 Å². The van der Waals surface area contributed by atoms with E-state index in [2.05, 4.69) is 11.2 Å². The summed E-state index contributed by atoms with van der Waals surface area (Å²) < 4.78 is 0. The summed E-state index contributed by atoms with van der Waals surface area (Å²) in [5.41, 5.74) is 0.622. The van der Waals surface area contributed by atoms with Gasteiger partial charge in [-0.25, -0.2) is 0 Å². The highest BCUT2D eigenvalue weighted by molar-refractivity contribution is 5.60. The van der Waals surface area contributed by atoms with Crippen molar-refractivity contribution in [1.29, 1.82) is 0 Å². The Labute approximate surface area is 68.9 Å². The average Bonchev–Trinajstić information content (AvgIpc) is 2.07. The van der Waals surface area contributed by atoms with Gasteiger partial charge in [0.2, 0.25) is 0 Å². The summed E-state index contributed by atoms with van der Waals surface area (Å²) in [5.74, 6) is 0. The Morgan fingerprint density at radius 3 is 2.27 bits per heavy atom. The topological polar surface area (TPSA) is 14.0 Å². The molecular formula is C10H18N+. The van der Waals surface area contributed by atoms with Crippen molar-refractivity contribution in [2.75, 3.05) is 6.54 Å². The number of hydrogen-bond donors (Lipinski definition) is 1. The zero-order valence-corrected chi connectivity index (χ0v) is 7.23. The molecule has 0 radical (unpaired) electrons. The molecule has 11 heavy (non-hydrogen) atoms. The summed E-state index contributed by atoms with van der Waals surface area (Å²) in [6, 6.07) is 0. The summed E-state index contributed by atoms with van der Waals surface area (Å²) in [4.78, 5) is 3.42. The average molecular weight is 152 g/mol. The first kappa shape index (κ1) is 7.33. The molecule has 0 bridgehead atoms. The lowest BCUT2D eigenvalue weighted by Gasteiger charge is -2.32. The van der Waals surface area contributed by atoms with Crippen molar-refractivity contribution in [3.05, 3.63) is 0 Å². The highest BCUT2D eigenvalue weighted by atomic mass is 14.7. The lowest BCUT2D eigenvalue weighted by molar-refractivity contribution is -0.463. The van der Waals surface area contributed by atoms with Crippen molar-refractivity contribution in [2.24, 2.45) is 5.41 Å². The molecule has 2 aliphatic rings. The molecule has 0 saturated heterocycles. The van der Waals surface area contributed by atoms with Gasteiger partial charge in [-0.05, 0) is 19.3 Å². The van der Waals surface area contributed by atoms with Crippen molar-refractivity contribution >= 4 is 6.21 Å². The summed E-state index contributed by atoms with van der Waals surface area (Å²) in [7, 11) is 0. The highest BCUT2D eigenvalue weighted by Gasteiger charge is 2.34. The van der Waals surface area contributed by atoms with Crippen LogP contribution in [0.1, 0.15) is 44.9 Å². The van der Waals surface area contributed by atoms with E-state index in [1.54, 1.807) is 0 Å². The molecular weight excluding hydrogens is 134 g/mol. The van der Waals surface area contributed by atoms with Crippen LogP contribution in [-0.4, -0.2) is 12.8 Å². The van der Waals surface area contributed by atoms with Gasteiger partial charge in [-0.1, -0.05) is 19.3 Å². The van der Waals surface area contributed by atoms with Crippen molar-refractivity contribution in [2.45, 2.75) is 44.9 Å². The number of hydrogen-bond acceptors (Lipinski definition) is 0. The van der Waals surface area contributed by atoms with E-state index in [1.165, 1.54) is 51.5 Å². The van der Waals surface area contributed by atoms with Crippen molar-refractivity contribution in [3.8, 4) is 0 Å². The maximum absolute atomic E-state index is 3.42. The first-order chi connectivity index (χ1) is 5.41. The van der Waals surface area contributed by atoms with Crippen LogP contribution in [0, 0.1) is 5.41 Å². The minimum Gasteiger partial charge on any atom is -0.251 e. The third-order valence-electron chi connectivity index (χ3n) is 3.25. The summed E-state index contributed by atoms with van der Waals surface area (Å²) >= 11 is 0. The molecule has 2 rings (SSSR count). The Balaban J connectivity index is 2.06. The largest absolute Gasteiger partial charge is 0.251 e. The van der Waals surface area contributed by atoms with Crippen LogP contribution in [0.25, 0.3) is 0 Å². The van der Waals surface area contributed by atoms with Crippen molar-refractivity contribution in [3.63, 3.8) is 0 Å². The Hall–Kier alpha value is -0.330. The maximum Gasteiger partial charge on any atom is 0.144 e. The minimum atomic E-state index is 0.622. The molecule has 0 amide bonds. The van der Waals surface area contributed by atoms with E-state index in [-0.39, 0.29) is 0 Å². The Morgan fingerprint density at radius 2 is 1.64 bits per heavy atom. The van der Waals surface area contributed by atoms with Crippen LogP contribution in [0.5, 0.6) is 0 Å². The van der Waals surface area contributed by atoms with Gasteiger partial charge >= 0.3 is 0 Å². The quantitative estimate of drug-likeness (QED) is 0.530. The lowest BCUT2D eigenvalue weighted by Crippen LogP contribution is -2.73. The van der Waals surface area contributed by atoms with Gasteiger partial charge in [0.15, 0.2) is 0 Å². The van der Waals surface area contributed by atoms with Crippen LogP contribution in [-0.2, 0) is 0 Å². The molecule has 0 aromatic heterocycles. The molecule has 1 N–H and O–H groups in total. The van der Waals surface area contributed by atoms with E-state index in [1.807, 2.05) is 0 Å². The van der Waals surface area contributed by atoms with Gasteiger partial charge < -0.3 is 0 Å². The SMILES string of the molecule is C1=[NH+]CCCC12CCCCC2. The van der Waals surface area contributed by atoms with Crippen LogP contribution in [0.2, 0.25) is 0 Å². The predicted octanol–water partition coefficient (Wildman–Crippen LogP) is 0.882. The second kappa shape index (κ2) is 2.96. The molecule has 0 unspecified atom stereocenters. The fraction of sp³-hybridized carbons (Fsp3) is 0.900. The normalized spacial score (nSPS) is 29.1. The van der Waals surface area contributed by atoms with Crippen LogP contribution in [0.15, 0.2) is 0 Å². The Bertz CT molecular complexity index is 154. The minimum absolute atomic E-state index is 0.622. The van der Waals surface area contributed by atoms with Gasteiger partial charge in [-0.2, -0.15) is 0 Å². The van der Waals surface area contributed by atoms with Crippen molar-refractivity contribution < 1.29 is 4.99 Å². The number of nitrogens with one attached hydrogen (secondary N) is 1. The second-order valence-electron chi connectivity index (χ2n) is 4.13. The summed E-state index contributed by atoms with van der Waals surface area (Å²) in [5, 5.41) is 0. The standard InChI is InChI=1S/C10H17N/c1-2-5-10(6-3-1)7-4-8-11-9-10/h9H,1-8H2/p+1. The smallest absolute Gasteiger partial charge is 0.144 e. The molecule has 1 aliphatic carbocycles. The van der Waals surface area contributed by atoms with Crippen LogP contribution < -0.4 is 4.99 Å². The van der Waals surface area contributed by atoms with Crippen LogP contribution in [0.4, 0.5) is 0 Å². The van der Waals surface area contributed by atoms with Crippen molar-refractivity contribution in [1.82, 2.24) is 0 Å². The number of rotatable bonds is 0. The van der Waals surface area contributed by atoms with Gasteiger partial charge in [0.05, 0.1) is 0 Å². The molecule has 1 aliphatic heterocycles. The molecule has 1 heterocycles. The molecule has 0 aromatic carbocycles. The van der Waals surface area contributed by atoms with Gasteiger partial charge in [0.25, 0.3) is 0 Å². The van der Waals surface area contributed by atoms with Gasteiger partial charge in [-0.3, -0.25) is 4.99 Å². The maximum atomic E-state index is 3.42.